The maximum absolute atomic E-state index is 4.32. The van der Waals surface area contributed by atoms with E-state index in [4.69, 9.17) is 0 Å². The average molecular weight is 253 g/mol. The van der Waals surface area contributed by atoms with Crippen LogP contribution >= 0.6 is 11.8 Å². The van der Waals surface area contributed by atoms with Crippen LogP contribution in [-0.4, -0.2) is 27.5 Å². The Morgan fingerprint density at radius 2 is 2.18 bits per heavy atom. The molecule has 1 aliphatic rings. The minimum Gasteiger partial charge on any atom is -0.348 e. The molecule has 0 radical (unpaired) electrons. The zero-order valence-electron chi connectivity index (χ0n) is 10.9. The van der Waals surface area contributed by atoms with Gasteiger partial charge in [-0.3, -0.25) is 0 Å². The monoisotopic (exact) mass is 253 g/mol. The molecule has 2 N–H and O–H groups in total. The van der Waals surface area contributed by atoms with Crippen LogP contribution in [0.2, 0.25) is 0 Å². The fraction of sp³-hybridized carbons (Fsp3) is 0.769. The van der Waals surface area contributed by atoms with Crippen molar-refractivity contribution < 1.29 is 0 Å². The van der Waals surface area contributed by atoms with Crippen LogP contribution in [0, 0.1) is 6.92 Å². The number of nitrogens with zero attached hydrogens (tertiary/aromatic N) is 1. The van der Waals surface area contributed by atoms with E-state index in [0.717, 1.165) is 18.8 Å². The summed E-state index contributed by atoms with van der Waals surface area (Å²) < 4.78 is 0.475. The van der Waals surface area contributed by atoms with Gasteiger partial charge in [-0.05, 0) is 26.0 Å². The number of thioether (sulfide) groups is 1. The second-order valence-electron chi connectivity index (χ2n) is 5.03. The van der Waals surface area contributed by atoms with E-state index in [9.17, 15) is 0 Å². The molecule has 0 amide bonds. The number of hydrogen-bond donors (Lipinski definition) is 2. The van der Waals surface area contributed by atoms with Gasteiger partial charge in [0, 0.05) is 23.5 Å². The summed E-state index contributed by atoms with van der Waals surface area (Å²) in [5.41, 5.74) is 2.33. The summed E-state index contributed by atoms with van der Waals surface area (Å²) in [5, 5.41) is 3.59. The summed E-state index contributed by atoms with van der Waals surface area (Å²) >= 11 is 2.04. The number of rotatable bonds is 5. The van der Waals surface area contributed by atoms with Crippen LogP contribution < -0.4 is 5.32 Å². The standard InChI is InChI=1S/C13H23N3S/c1-11-12(16-10-15-11)8-14-9-13(17-2)6-4-3-5-7-13/h10,14H,3-9H2,1-2H3,(H,15,16). The maximum Gasteiger partial charge on any atom is 0.0925 e. The van der Waals surface area contributed by atoms with Crippen molar-refractivity contribution in [2.24, 2.45) is 0 Å². The molecule has 0 atom stereocenters. The van der Waals surface area contributed by atoms with E-state index in [-0.39, 0.29) is 0 Å². The van der Waals surface area contributed by atoms with Crippen LogP contribution in [0.1, 0.15) is 43.5 Å². The molecular formula is C13H23N3S. The molecule has 1 saturated carbocycles. The van der Waals surface area contributed by atoms with E-state index >= 15 is 0 Å². The Balaban J connectivity index is 1.82. The van der Waals surface area contributed by atoms with Gasteiger partial charge in [-0.15, -0.1) is 0 Å². The third-order valence-corrected chi connectivity index (χ3v) is 5.29. The summed E-state index contributed by atoms with van der Waals surface area (Å²) in [6.45, 7) is 4.08. The number of aromatic nitrogens is 2. The number of aryl methyl sites for hydroxylation is 1. The maximum atomic E-state index is 4.32. The predicted octanol–water partition coefficient (Wildman–Crippen LogP) is 2.87. The lowest BCUT2D eigenvalue weighted by Crippen LogP contribution is -2.39. The second-order valence-corrected chi connectivity index (χ2v) is 6.30. The van der Waals surface area contributed by atoms with Gasteiger partial charge in [-0.2, -0.15) is 11.8 Å². The van der Waals surface area contributed by atoms with Gasteiger partial charge in [0.25, 0.3) is 0 Å². The Morgan fingerprint density at radius 3 is 2.76 bits per heavy atom. The van der Waals surface area contributed by atoms with E-state index in [1.165, 1.54) is 37.8 Å². The van der Waals surface area contributed by atoms with Crippen LogP contribution in [0.4, 0.5) is 0 Å². The number of imidazole rings is 1. The van der Waals surface area contributed by atoms with Gasteiger partial charge in [0.15, 0.2) is 0 Å². The molecule has 1 aliphatic carbocycles. The van der Waals surface area contributed by atoms with Crippen molar-refractivity contribution in [3.05, 3.63) is 17.7 Å². The van der Waals surface area contributed by atoms with E-state index in [1.54, 1.807) is 6.33 Å². The Labute approximate surface area is 108 Å². The molecular weight excluding hydrogens is 230 g/mol. The lowest BCUT2D eigenvalue weighted by atomic mass is 9.88. The highest BCUT2D eigenvalue weighted by molar-refractivity contribution is 8.00. The van der Waals surface area contributed by atoms with Gasteiger partial charge in [0.05, 0.1) is 12.0 Å². The molecule has 3 nitrogen and oxygen atoms in total. The molecule has 17 heavy (non-hydrogen) atoms. The van der Waals surface area contributed by atoms with E-state index in [0.29, 0.717) is 4.75 Å². The SMILES string of the molecule is CSC1(CNCc2nc[nH]c2C)CCCCC1. The summed E-state index contributed by atoms with van der Waals surface area (Å²) in [7, 11) is 0. The topological polar surface area (TPSA) is 40.7 Å². The van der Waals surface area contributed by atoms with E-state index in [2.05, 4.69) is 28.5 Å². The first-order valence-corrected chi connectivity index (χ1v) is 7.73. The molecule has 0 bridgehead atoms. The fourth-order valence-corrected chi connectivity index (χ4v) is 3.57. The molecule has 0 unspecified atom stereocenters. The van der Waals surface area contributed by atoms with Crippen LogP contribution in [0.3, 0.4) is 0 Å². The van der Waals surface area contributed by atoms with Gasteiger partial charge in [0.2, 0.25) is 0 Å². The first kappa shape index (κ1) is 13.0. The fourth-order valence-electron chi connectivity index (χ4n) is 2.62. The molecule has 4 heteroatoms. The lowest BCUT2D eigenvalue weighted by Gasteiger charge is -2.36. The molecule has 1 aromatic heterocycles. The van der Waals surface area contributed by atoms with Crippen LogP contribution in [0.5, 0.6) is 0 Å². The minimum atomic E-state index is 0.475. The molecule has 2 rings (SSSR count). The molecule has 1 fully saturated rings. The van der Waals surface area contributed by atoms with Crippen molar-refractivity contribution in [3.8, 4) is 0 Å². The number of aromatic amines is 1. The van der Waals surface area contributed by atoms with Gasteiger partial charge >= 0.3 is 0 Å². The summed E-state index contributed by atoms with van der Waals surface area (Å²) in [6, 6.07) is 0. The van der Waals surface area contributed by atoms with E-state index < -0.39 is 0 Å². The quantitative estimate of drug-likeness (QED) is 0.848. The zero-order chi connectivity index (χ0) is 12.1. The summed E-state index contributed by atoms with van der Waals surface area (Å²) in [4.78, 5) is 7.45. The number of H-pyrrole nitrogens is 1. The normalized spacial score (nSPS) is 19.4. The highest BCUT2D eigenvalue weighted by Crippen LogP contribution is 2.37. The number of hydrogen-bond acceptors (Lipinski definition) is 3. The summed E-state index contributed by atoms with van der Waals surface area (Å²) in [5.74, 6) is 0. The zero-order valence-corrected chi connectivity index (χ0v) is 11.7. The third kappa shape index (κ3) is 3.26. The molecule has 1 heterocycles. The molecule has 1 aromatic rings. The molecule has 96 valence electrons. The van der Waals surface area contributed by atoms with Crippen molar-refractivity contribution in [1.29, 1.82) is 0 Å². The van der Waals surface area contributed by atoms with Crippen molar-refractivity contribution in [1.82, 2.24) is 15.3 Å². The Bertz CT molecular complexity index is 342. The van der Waals surface area contributed by atoms with Gasteiger partial charge in [-0.1, -0.05) is 19.3 Å². The largest absolute Gasteiger partial charge is 0.348 e. The van der Waals surface area contributed by atoms with Crippen LogP contribution in [0.15, 0.2) is 6.33 Å². The van der Waals surface area contributed by atoms with Gasteiger partial charge in [0.1, 0.15) is 0 Å². The Hall–Kier alpha value is -0.480. The van der Waals surface area contributed by atoms with Crippen molar-refractivity contribution in [2.45, 2.75) is 50.3 Å². The summed E-state index contributed by atoms with van der Waals surface area (Å²) in [6.07, 6.45) is 11.0. The average Bonchev–Trinajstić information content (AvgIpc) is 2.76. The van der Waals surface area contributed by atoms with Crippen molar-refractivity contribution >= 4 is 11.8 Å². The Kier molecular flexibility index (Phi) is 4.51. The van der Waals surface area contributed by atoms with Crippen LogP contribution in [0.25, 0.3) is 0 Å². The Morgan fingerprint density at radius 1 is 1.41 bits per heavy atom. The van der Waals surface area contributed by atoms with Gasteiger partial charge in [-0.25, -0.2) is 4.98 Å². The third-order valence-electron chi connectivity index (χ3n) is 3.87. The highest BCUT2D eigenvalue weighted by Gasteiger charge is 2.30. The highest BCUT2D eigenvalue weighted by atomic mass is 32.2. The van der Waals surface area contributed by atoms with Crippen molar-refractivity contribution in [3.63, 3.8) is 0 Å². The van der Waals surface area contributed by atoms with E-state index in [1.807, 2.05) is 11.8 Å². The molecule has 0 saturated heterocycles. The smallest absolute Gasteiger partial charge is 0.0925 e. The minimum absolute atomic E-state index is 0.475. The predicted molar refractivity (Wildman–Crippen MR) is 74.4 cm³/mol. The lowest BCUT2D eigenvalue weighted by molar-refractivity contribution is 0.379. The van der Waals surface area contributed by atoms with Gasteiger partial charge < -0.3 is 10.3 Å². The first-order valence-electron chi connectivity index (χ1n) is 6.50. The first-order chi connectivity index (χ1) is 8.26. The molecule has 0 aromatic carbocycles. The van der Waals surface area contributed by atoms with Crippen molar-refractivity contribution in [2.75, 3.05) is 12.8 Å². The molecule has 0 spiro atoms. The molecule has 0 aliphatic heterocycles. The van der Waals surface area contributed by atoms with Crippen LogP contribution in [-0.2, 0) is 6.54 Å². The number of nitrogens with one attached hydrogen (secondary N) is 2. The second kappa shape index (κ2) is 5.91.